The predicted octanol–water partition coefficient (Wildman–Crippen LogP) is 2.23. The van der Waals surface area contributed by atoms with E-state index in [4.69, 9.17) is 9.52 Å². The highest BCUT2D eigenvalue weighted by atomic mass is 32.2. The minimum atomic E-state index is -3.43. The summed E-state index contributed by atoms with van der Waals surface area (Å²) >= 11 is 0. The summed E-state index contributed by atoms with van der Waals surface area (Å²) in [5, 5.41) is 9.58. The third-order valence-electron chi connectivity index (χ3n) is 3.25. The highest BCUT2D eigenvalue weighted by Gasteiger charge is 2.23. The first-order valence-corrected chi connectivity index (χ1v) is 7.62. The molecule has 0 saturated heterocycles. The summed E-state index contributed by atoms with van der Waals surface area (Å²) in [6.07, 6.45) is 0. The van der Waals surface area contributed by atoms with Gasteiger partial charge in [-0.15, -0.1) is 0 Å². The Bertz CT molecular complexity index is 775. The zero-order valence-electron chi connectivity index (χ0n) is 11.4. The molecule has 0 aliphatic carbocycles. The number of aromatic carboxylic acids is 1. The van der Waals surface area contributed by atoms with Gasteiger partial charge < -0.3 is 9.52 Å². The molecule has 0 unspecified atom stereocenters. The average Bonchev–Trinajstić information content (AvgIpc) is 2.75. The normalized spacial score (nSPS) is 11.8. The molecule has 0 amide bonds. The lowest BCUT2D eigenvalue weighted by Gasteiger charge is -2.19. The second-order valence-electron chi connectivity index (χ2n) is 4.38. The first-order chi connectivity index (χ1) is 9.29. The molecule has 0 spiro atoms. The number of nitrogens with zero attached hydrogens (tertiary/aromatic N) is 1. The molecule has 2 rings (SSSR count). The van der Waals surface area contributed by atoms with E-state index in [1.165, 1.54) is 7.05 Å². The van der Waals surface area contributed by atoms with E-state index in [2.05, 4.69) is 0 Å². The van der Waals surface area contributed by atoms with Gasteiger partial charge in [-0.3, -0.25) is 4.31 Å². The highest BCUT2D eigenvalue weighted by molar-refractivity contribution is 7.92. The smallest absolute Gasteiger partial charge is 0.372 e. The Morgan fingerprint density at radius 2 is 2.05 bits per heavy atom. The predicted molar refractivity (Wildman–Crippen MR) is 75.8 cm³/mol. The Kier molecular flexibility index (Phi) is 3.47. The van der Waals surface area contributed by atoms with Crippen LogP contribution in [0.4, 0.5) is 5.69 Å². The molecule has 1 aromatic carbocycles. The fraction of sp³-hybridized carbons (Fsp3) is 0.308. The van der Waals surface area contributed by atoms with Crippen LogP contribution in [0.15, 0.2) is 22.6 Å². The van der Waals surface area contributed by atoms with Gasteiger partial charge in [0, 0.05) is 18.0 Å². The second kappa shape index (κ2) is 4.82. The molecule has 0 saturated carbocycles. The van der Waals surface area contributed by atoms with Gasteiger partial charge in [0.05, 0.1) is 11.4 Å². The van der Waals surface area contributed by atoms with Crippen molar-refractivity contribution in [3.05, 3.63) is 29.5 Å². The molecular formula is C13H15NO5S. The van der Waals surface area contributed by atoms with Crippen molar-refractivity contribution in [3.63, 3.8) is 0 Å². The fourth-order valence-electron chi connectivity index (χ4n) is 2.09. The van der Waals surface area contributed by atoms with Gasteiger partial charge in [-0.2, -0.15) is 0 Å². The van der Waals surface area contributed by atoms with Crippen LogP contribution in [0.5, 0.6) is 0 Å². The molecule has 0 bridgehead atoms. The zero-order chi connectivity index (χ0) is 15.1. The largest absolute Gasteiger partial charge is 0.475 e. The average molecular weight is 297 g/mol. The van der Waals surface area contributed by atoms with Crippen LogP contribution in [-0.2, 0) is 10.0 Å². The second-order valence-corrected chi connectivity index (χ2v) is 6.67. The van der Waals surface area contributed by atoms with Crippen molar-refractivity contribution in [1.82, 2.24) is 0 Å². The standard InChI is InChI=1S/C13H15NO5S/c1-4-20(17,18)14(3)9-6-5-7-10-11(9)8(2)12(19-10)13(15)16/h5-7H,4H2,1-3H3,(H,15,16). The van der Waals surface area contributed by atoms with E-state index >= 15 is 0 Å². The molecule has 2 aromatic rings. The molecule has 20 heavy (non-hydrogen) atoms. The van der Waals surface area contributed by atoms with E-state index in [9.17, 15) is 13.2 Å². The van der Waals surface area contributed by atoms with Gasteiger partial charge in [0.2, 0.25) is 15.8 Å². The number of carboxylic acids is 1. The molecular weight excluding hydrogens is 282 g/mol. The Hall–Kier alpha value is -2.02. The molecule has 0 atom stereocenters. The van der Waals surface area contributed by atoms with E-state index in [0.717, 1.165) is 4.31 Å². The van der Waals surface area contributed by atoms with Crippen LogP contribution in [0.3, 0.4) is 0 Å². The zero-order valence-corrected chi connectivity index (χ0v) is 12.2. The number of carboxylic acid groups (broad SMARTS) is 1. The van der Waals surface area contributed by atoms with Crippen LogP contribution >= 0.6 is 0 Å². The minimum Gasteiger partial charge on any atom is -0.475 e. The van der Waals surface area contributed by atoms with Gasteiger partial charge in [0.15, 0.2) is 0 Å². The molecule has 0 fully saturated rings. The van der Waals surface area contributed by atoms with Crippen LogP contribution in [-0.4, -0.2) is 32.3 Å². The number of hydrogen-bond donors (Lipinski definition) is 1. The lowest BCUT2D eigenvalue weighted by atomic mass is 10.1. The summed E-state index contributed by atoms with van der Waals surface area (Å²) in [7, 11) is -1.98. The molecule has 108 valence electrons. The third-order valence-corrected chi connectivity index (χ3v) is 5.01. The number of carbonyl (C=O) groups is 1. The molecule has 0 radical (unpaired) electrons. The van der Waals surface area contributed by atoms with Crippen molar-refractivity contribution < 1.29 is 22.7 Å². The summed E-state index contributed by atoms with van der Waals surface area (Å²) in [5.41, 5.74) is 1.19. The summed E-state index contributed by atoms with van der Waals surface area (Å²) in [6, 6.07) is 4.88. The van der Waals surface area contributed by atoms with Crippen molar-refractivity contribution >= 4 is 32.6 Å². The number of hydrogen-bond acceptors (Lipinski definition) is 4. The van der Waals surface area contributed by atoms with Gasteiger partial charge in [0.1, 0.15) is 5.58 Å². The number of sulfonamides is 1. The van der Waals surface area contributed by atoms with Crippen LogP contribution < -0.4 is 4.31 Å². The maximum Gasteiger partial charge on any atom is 0.372 e. The van der Waals surface area contributed by atoms with Crippen molar-refractivity contribution in [1.29, 1.82) is 0 Å². The summed E-state index contributed by atoms with van der Waals surface area (Å²) < 4.78 is 30.4. The Balaban J connectivity index is 2.76. The van der Waals surface area contributed by atoms with E-state index < -0.39 is 16.0 Å². The monoisotopic (exact) mass is 297 g/mol. The lowest BCUT2D eigenvalue weighted by molar-refractivity contribution is 0.0664. The number of furan rings is 1. The summed E-state index contributed by atoms with van der Waals surface area (Å²) in [5.74, 6) is -1.39. The Morgan fingerprint density at radius 1 is 1.40 bits per heavy atom. The van der Waals surface area contributed by atoms with Gasteiger partial charge in [-0.05, 0) is 26.0 Å². The van der Waals surface area contributed by atoms with Crippen LogP contribution in [0.2, 0.25) is 0 Å². The molecule has 6 nitrogen and oxygen atoms in total. The topological polar surface area (TPSA) is 87.8 Å². The number of aryl methyl sites for hydroxylation is 1. The fourth-order valence-corrected chi connectivity index (χ4v) is 2.93. The number of fused-ring (bicyclic) bond motifs is 1. The summed E-state index contributed by atoms with van der Waals surface area (Å²) in [4.78, 5) is 11.1. The van der Waals surface area contributed by atoms with E-state index in [-0.39, 0.29) is 11.5 Å². The Morgan fingerprint density at radius 3 is 2.60 bits per heavy atom. The van der Waals surface area contributed by atoms with Gasteiger partial charge in [0.25, 0.3) is 0 Å². The first kappa shape index (κ1) is 14.4. The van der Waals surface area contributed by atoms with Gasteiger partial charge in [-0.25, -0.2) is 13.2 Å². The SMILES string of the molecule is CCS(=O)(=O)N(C)c1cccc2oc(C(=O)O)c(C)c12. The van der Waals surface area contributed by atoms with Gasteiger partial charge in [-0.1, -0.05) is 6.07 Å². The number of anilines is 1. The lowest BCUT2D eigenvalue weighted by Crippen LogP contribution is -2.28. The maximum atomic E-state index is 12.0. The van der Waals surface area contributed by atoms with Crippen LogP contribution in [0, 0.1) is 6.92 Å². The molecule has 0 aliphatic rings. The molecule has 1 N–H and O–H groups in total. The quantitative estimate of drug-likeness (QED) is 0.935. The van der Waals surface area contributed by atoms with Crippen LogP contribution in [0.25, 0.3) is 11.0 Å². The third kappa shape index (κ3) is 2.14. The summed E-state index contributed by atoms with van der Waals surface area (Å²) in [6.45, 7) is 3.15. The Labute approximate surface area is 116 Å². The molecule has 1 heterocycles. The number of rotatable bonds is 4. The first-order valence-electron chi connectivity index (χ1n) is 6.01. The van der Waals surface area contributed by atoms with Crippen molar-refractivity contribution in [2.24, 2.45) is 0 Å². The van der Waals surface area contributed by atoms with Crippen molar-refractivity contribution in [2.75, 3.05) is 17.1 Å². The van der Waals surface area contributed by atoms with E-state index in [1.54, 1.807) is 32.0 Å². The highest BCUT2D eigenvalue weighted by Crippen LogP contribution is 2.34. The van der Waals surface area contributed by atoms with Crippen molar-refractivity contribution in [2.45, 2.75) is 13.8 Å². The minimum absolute atomic E-state index is 0.0391. The molecule has 1 aromatic heterocycles. The van der Waals surface area contributed by atoms with Crippen molar-refractivity contribution in [3.8, 4) is 0 Å². The van der Waals surface area contributed by atoms with Gasteiger partial charge >= 0.3 is 5.97 Å². The molecule has 0 aliphatic heterocycles. The maximum absolute atomic E-state index is 12.0. The van der Waals surface area contributed by atoms with E-state index in [1.807, 2.05) is 0 Å². The molecule has 7 heteroatoms. The van der Waals surface area contributed by atoms with Crippen LogP contribution in [0.1, 0.15) is 23.0 Å². The van der Waals surface area contributed by atoms with E-state index in [0.29, 0.717) is 22.2 Å². The number of benzene rings is 1.